The van der Waals surface area contributed by atoms with Gasteiger partial charge >= 0.3 is 6.03 Å². The van der Waals surface area contributed by atoms with Crippen molar-refractivity contribution in [3.8, 4) is 0 Å². The smallest absolute Gasteiger partial charge is 0.315 e. The van der Waals surface area contributed by atoms with E-state index < -0.39 is 0 Å². The van der Waals surface area contributed by atoms with Crippen LogP contribution in [-0.2, 0) is 18.8 Å². The number of nitrogens with zero attached hydrogens (tertiary/aromatic N) is 1. The molecule has 1 aromatic heterocycles. The van der Waals surface area contributed by atoms with Gasteiger partial charge in [0.1, 0.15) is 0 Å². The fraction of sp³-hybridized carbons (Fsp3) is 0.250. The molecule has 2 aromatic rings. The van der Waals surface area contributed by atoms with Crippen LogP contribution in [0, 0.1) is 0 Å². The molecule has 110 valence electrons. The summed E-state index contributed by atoms with van der Waals surface area (Å²) in [5, 5.41) is 5.68. The fourth-order valence-electron chi connectivity index (χ4n) is 1.93. The highest BCUT2D eigenvalue weighted by molar-refractivity contribution is 7.97. The summed E-state index contributed by atoms with van der Waals surface area (Å²) in [4.78, 5) is 15.8. The molecule has 0 spiro atoms. The number of urea groups is 1. The van der Waals surface area contributed by atoms with Crippen LogP contribution in [0.25, 0.3) is 0 Å². The maximum atomic E-state index is 11.8. The highest BCUT2D eigenvalue weighted by Gasteiger charge is 2.01. The molecule has 0 saturated carbocycles. The quantitative estimate of drug-likeness (QED) is 0.862. The van der Waals surface area contributed by atoms with Crippen LogP contribution in [0.1, 0.15) is 16.7 Å². The zero-order valence-corrected chi connectivity index (χ0v) is 12.8. The minimum absolute atomic E-state index is 0.172. The normalized spacial score (nSPS) is 10.1. The van der Waals surface area contributed by atoms with Gasteiger partial charge in [0.15, 0.2) is 0 Å². The summed E-state index contributed by atoms with van der Waals surface area (Å²) < 4.78 is 0. The second kappa shape index (κ2) is 8.32. The van der Waals surface area contributed by atoms with Crippen LogP contribution >= 0.6 is 11.8 Å². The summed E-state index contributed by atoms with van der Waals surface area (Å²) in [7, 11) is 0. The van der Waals surface area contributed by atoms with Crippen molar-refractivity contribution in [2.75, 3.05) is 6.26 Å². The van der Waals surface area contributed by atoms with E-state index in [0.717, 1.165) is 16.9 Å². The highest BCUT2D eigenvalue weighted by atomic mass is 32.2. The molecule has 4 nitrogen and oxygen atoms in total. The van der Waals surface area contributed by atoms with Gasteiger partial charge in [-0.05, 0) is 29.0 Å². The number of carbonyl (C=O) groups excluding carboxylic acids is 1. The third-order valence-electron chi connectivity index (χ3n) is 2.93. The second-order valence-corrected chi connectivity index (χ2v) is 5.52. The number of thioether (sulfide) groups is 1. The van der Waals surface area contributed by atoms with E-state index in [4.69, 9.17) is 0 Å². The molecule has 2 N–H and O–H groups in total. The van der Waals surface area contributed by atoms with Crippen LogP contribution in [-0.4, -0.2) is 17.3 Å². The van der Waals surface area contributed by atoms with Crippen LogP contribution in [0.2, 0.25) is 0 Å². The van der Waals surface area contributed by atoms with Gasteiger partial charge in [-0.2, -0.15) is 11.8 Å². The molecular formula is C16H19N3OS. The Bertz CT molecular complexity index is 575. The van der Waals surface area contributed by atoms with Gasteiger partial charge in [0.05, 0.1) is 0 Å². The topological polar surface area (TPSA) is 54.0 Å². The van der Waals surface area contributed by atoms with E-state index in [-0.39, 0.29) is 6.03 Å². The zero-order chi connectivity index (χ0) is 14.9. The lowest BCUT2D eigenvalue weighted by atomic mass is 10.1. The Morgan fingerprint density at radius 3 is 2.52 bits per heavy atom. The number of amides is 2. The van der Waals surface area contributed by atoms with E-state index in [0.29, 0.717) is 13.1 Å². The molecular weight excluding hydrogens is 282 g/mol. The SMILES string of the molecule is CSCc1cccc(CNC(=O)NCc2cccnc2)c1. The zero-order valence-electron chi connectivity index (χ0n) is 12.0. The molecule has 0 aliphatic rings. The maximum absolute atomic E-state index is 11.8. The lowest BCUT2D eigenvalue weighted by Crippen LogP contribution is -2.34. The first kappa shape index (κ1) is 15.4. The molecule has 0 bridgehead atoms. The van der Waals surface area contributed by atoms with Crippen LogP contribution < -0.4 is 10.6 Å². The van der Waals surface area contributed by atoms with Gasteiger partial charge in [-0.15, -0.1) is 0 Å². The Labute approximate surface area is 129 Å². The molecule has 21 heavy (non-hydrogen) atoms. The number of rotatable bonds is 6. The fourth-order valence-corrected chi connectivity index (χ4v) is 2.44. The number of nitrogens with one attached hydrogen (secondary N) is 2. The Balaban J connectivity index is 1.77. The minimum Gasteiger partial charge on any atom is -0.334 e. The average molecular weight is 301 g/mol. The Kier molecular flexibility index (Phi) is 6.09. The molecule has 5 heteroatoms. The minimum atomic E-state index is -0.172. The van der Waals surface area contributed by atoms with Gasteiger partial charge in [0.25, 0.3) is 0 Å². The summed E-state index contributed by atoms with van der Waals surface area (Å²) in [5.41, 5.74) is 3.37. The van der Waals surface area contributed by atoms with E-state index in [1.165, 1.54) is 5.56 Å². The second-order valence-electron chi connectivity index (χ2n) is 4.65. The van der Waals surface area contributed by atoms with E-state index in [1.807, 2.05) is 24.3 Å². The number of hydrogen-bond acceptors (Lipinski definition) is 3. The largest absolute Gasteiger partial charge is 0.334 e. The van der Waals surface area contributed by atoms with Crippen molar-refractivity contribution in [3.63, 3.8) is 0 Å². The molecule has 1 aromatic carbocycles. The number of hydrogen-bond donors (Lipinski definition) is 2. The Hall–Kier alpha value is -2.01. The van der Waals surface area contributed by atoms with E-state index in [2.05, 4.69) is 34.0 Å². The summed E-state index contributed by atoms with van der Waals surface area (Å²) in [6.45, 7) is 1.01. The average Bonchev–Trinajstić information content (AvgIpc) is 2.53. The Morgan fingerprint density at radius 2 is 1.81 bits per heavy atom. The van der Waals surface area contributed by atoms with E-state index in [1.54, 1.807) is 24.2 Å². The van der Waals surface area contributed by atoms with Gasteiger partial charge in [-0.3, -0.25) is 4.98 Å². The molecule has 0 saturated heterocycles. The Morgan fingerprint density at radius 1 is 1.10 bits per heavy atom. The van der Waals surface area contributed by atoms with E-state index >= 15 is 0 Å². The molecule has 2 amide bonds. The predicted octanol–water partition coefficient (Wildman–Crippen LogP) is 2.94. The monoisotopic (exact) mass is 301 g/mol. The van der Waals surface area contributed by atoms with Crippen molar-refractivity contribution in [1.29, 1.82) is 0 Å². The third kappa shape index (κ3) is 5.47. The van der Waals surface area contributed by atoms with Crippen molar-refractivity contribution >= 4 is 17.8 Å². The van der Waals surface area contributed by atoms with Crippen molar-refractivity contribution in [1.82, 2.24) is 15.6 Å². The third-order valence-corrected chi connectivity index (χ3v) is 3.55. The van der Waals surface area contributed by atoms with Gasteiger partial charge < -0.3 is 10.6 Å². The first-order valence-electron chi connectivity index (χ1n) is 6.75. The van der Waals surface area contributed by atoms with Crippen LogP contribution in [0.3, 0.4) is 0 Å². The molecule has 0 radical (unpaired) electrons. The summed E-state index contributed by atoms with van der Waals surface area (Å²) in [5.74, 6) is 0.987. The van der Waals surface area contributed by atoms with Gasteiger partial charge in [-0.1, -0.05) is 30.3 Å². The summed E-state index contributed by atoms with van der Waals surface area (Å²) in [6, 6.07) is 11.9. The molecule has 1 heterocycles. The predicted molar refractivity (Wildman–Crippen MR) is 87.0 cm³/mol. The van der Waals surface area contributed by atoms with Crippen LogP contribution in [0.5, 0.6) is 0 Å². The number of benzene rings is 1. The molecule has 2 rings (SSSR count). The number of aromatic nitrogens is 1. The molecule has 0 aliphatic carbocycles. The molecule has 0 unspecified atom stereocenters. The maximum Gasteiger partial charge on any atom is 0.315 e. The summed E-state index contributed by atoms with van der Waals surface area (Å²) in [6.07, 6.45) is 5.54. The first-order chi connectivity index (χ1) is 10.3. The summed E-state index contributed by atoms with van der Waals surface area (Å²) >= 11 is 1.79. The molecule has 0 atom stereocenters. The van der Waals surface area contributed by atoms with Crippen LogP contribution in [0.4, 0.5) is 4.79 Å². The lowest BCUT2D eigenvalue weighted by Gasteiger charge is -2.08. The van der Waals surface area contributed by atoms with Crippen molar-refractivity contribution < 1.29 is 4.79 Å². The lowest BCUT2D eigenvalue weighted by molar-refractivity contribution is 0.240. The van der Waals surface area contributed by atoms with Gasteiger partial charge in [0.2, 0.25) is 0 Å². The van der Waals surface area contributed by atoms with Crippen molar-refractivity contribution in [2.24, 2.45) is 0 Å². The standard InChI is InChI=1S/C16H19N3OS/c1-21-12-14-5-2-4-13(8-14)10-18-16(20)19-11-15-6-3-7-17-9-15/h2-9H,10-12H2,1H3,(H2,18,19,20). The highest BCUT2D eigenvalue weighted by Crippen LogP contribution is 2.11. The molecule has 0 fully saturated rings. The van der Waals surface area contributed by atoms with Crippen molar-refractivity contribution in [3.05, 3.63) is 65.5 Å². The van der Waals surface area contributed by atoms with Gasteiger partial charge in [-0.25, -0.2) is 4.79 Å². The van der Waals surface area contributed by atoms with E-state index in [9.17, 15) is 4.79 Å². The number of pyridine rings is 1. The first-order valence-corrected chi connectivity index (χ1v) is 8.14. The van der Waals surface area contributed by atoms with Crippen molar-refractivity contribution in [2.45, 2.75) is 18.8 Å². The van der Waals surface area contributed by atoms with Crippen LogP contribution in [0.15, 0.2) is 48.8 Å². The van der Waals surface area contributed by atoms with Gasteiger partial charge in [0, 0.05) is 31.2 Å². The molecule has 0 aliphatic heterocycles. The number of carbonyl (C=O) groups is 1.